The average molecular weight is 676 g/mol. The molecule has 11 rings (SSSR count). The van der Waals surface area contributed by atoms with E-state index in [-0.39, 0.29) is 23.2 Å². The molecule has 1 aliphatic carbocycles. The smallest absolute Gasteiger partial charge is 0.162 e. The first-order chi connectivity index (χ1) is 25.4. The molecule has 7 nitrogen and oxygen atoms in total. The van der Waals surface area contributed by atoms with Crippen LogP contribution in [0.1, 0.15) is 36.1 Å². The molecule has 5 aliphatic rings. The van der Waals surface area contributed by atoms with Crippen molar-refractivity contribution in [1.29, 1.82) is 0 Å². The quantitative estimate of drug-likeness (QED) is 0.187. The summed E-state index contributed by atoms with van der Waals surface area (Å²) >= 11 is 0. The summed E-state index contributed by atoms with van der Waals surface area (Å²) in [5.74, 6) is 2.65. The first kappa shape index (κ1) is 29.5. The molecule has 0 radical (unpaired) electrons. The molecule has 4 atom stereocenters. The van der Waals surface area contributed by atoms with Gasteiger partial charge in [0.05, 0.1) is 11.9 Å². The van der Waals surface area contributed by atoms with E-state index in [1.807, 2.05) is 6.20 Å². The third-order valence-corrected chi connectivity index (χ3v) is 12.6. The third kappa shape index (κ3) is 3.43. The maximum atomic E-state index is 5.52. The summed E-state index contributed by atoms with van der Waals surface area (Å²) in [4.78, 5) is 17.8. The van der Waals surface area contributed by atoms with Crippen molar-refractivity contribution in [3.63, 3.8) is 0 Å². The summed E-state index contributed by atoms with van der Waals surface area (Å²) in [6.07, 6.45) is 1.81. The van der Waals surface area contributed by atoms with Crippen LogP contribution in [0.2, 0.25) is 0 Å². The van der Waals surface area contributed by atoms with Crippen LogP contribution in [0.3, 0.4) is 0 Å². The number of aryl methyl sites for hydroxylation is 1. The van der Waals surface area contributed by atoms with Gasteiger partial charge in [-0.2, -0.15) is 5.10 Å². The lowest BCUT2D eigenvalue weighted by molar-refractivity contribution is 0.150. The van der Waals surface area contributed by atoms with Crippen LogP contribution < -0.4 is 19.7 Å². The van der Waals surface area contributed by atoms with Crippen molar-refractivity contribution < 1.29 is 0 Å². The lowest BCUT2D eigenvalue weighted by Crippen LogP contribution is -2.72. The molecule has 0 saturated heterocycles. The van der Waals surface area contributed by atoms with Crippen LogP contribution in [0.15, 0.2) is 150 Å². The number of hydrogen-bond acceptors (Lipinski definition) is 7. The minimum atomic E-state index is -0.375. The molecular formula is C45H37N7. The lowest BCUT2D eigenvalue weighted by atomic mass is 9.40. The van der Waals surface area contributed by atoms with Crippen molar-refractivity contribution in [2.75, 3.05) is 26.8 Å². The predicted octanol–water partition coefficient (Wildman–Crippen LogP) is 9.14. The Balaban J connectivity index is 1.18. The number of aromatic nitrogens is 2. The van der Waals surface area contributed by atoms with E-state index in [2.05, 4.69) is 181 Å². The molecule has 5 aromatic carbocycles. The molecule has 52 heavy (non-hydrogen) atoms. The van der Waals surface area contributed by atoms with Gasteiger partial charge in [0.15, 0.2) is 23.6 Å². The summed E-state index contributed by atoms with van der Waals surface area (Å²) in [5, 5.41) is 7.81. The highest BCUT2D eigenvalue weighted by Crippen LogP contribution is 2.76. The normalized spacial score (nSPS) is 24.6. The van der Waals surface area contributed by atoms with Crippen LogP contribution in [0.5, 0.6) is 0 Å². The molecule has 4 unspecified atom stereocenters. The molecular weight excluding hydrogens is 639 g/mol. The Bertz CT molecular complexity index is 2530. The Morgan fingerprint density at radius 1 is 0.654 bits per heavy atom. The Morgan fingerprint density at radius 3 is 2.08 bits per heavy atom. The van der Waals surface area contributed by atoms with E-state index in [9.17, 15) is 0 Å². The number of allylic oxidation sites excluding steroid dienone is 1. The van der Waals surface area contributed by atoms with Gasteiger partial charge in [0, 0.05) is 45.9 Å². The third-order valence-electron chi connectivity index (χ3n) is 12.6. The van der Waals surface area contributed by atoms with Crippen molar-refractivity contribution >= 4 is 40.0 Å². The first-order valence-electron chi connectivity index (χ1n) is 18.1. The SMILES string of the molecule is Cc1ccccc1-c1ncc2c(n1)N(C)C1N2c2ccccc2C2(C)C3=C(C4N(N=C(c5ccccc5)N4c4ccccc4)c4ccccc43)C12C. The van der Waals surface area contributed by atoms with Crippen molar-refractivity contribution in [3.8, 4) is 11.4 Å². The van der Waals surface area contributed by atoms with Crippen molar-refractivity contribution in [2.45, 2.75) is 38.5 Å². The number of amidine groups is 1. The van der Waals surface area contributed by atoms with Gasteiger partial charge in [-0.25, -0.2) is 15.0 Å². The minimum Gasteiger partial charge on any atom is -0.336 e. The van der Waals surface area contributed by atoms with E-state index in [1.165, 1.54) is 28.0 Å². The van der Waals surface area contributed by atoms with Crippen LogP contribution in [0, 0.1) is 12.3 Å². The van der Waals surface area contributed by atoms with Gasteiger partial charge < -0.3 is 9.80 Å². The second-order valence-electron chi connectivity index (χ2n) is 14.9. The molecule has 0 saturated carbocycles. The highest BCUT2D eigenvalue weighted by Gasteiger charge is 2.74. The van der Waals surface area contributed by atoms with E-state index in [4.69, 9.17) is 15.1 Å². The number of fused-ring (bicyclic) bond motifs is 15. The summed E-state index contributed by atoms with van der Waals surface area (Å²) in [6.45, 7) is 7.10. The number of hydrogen-bond donors (Lipinski definition) is 0. The van der Waals surface area contributed by atoms with Crippen molar-refractivity contribution in [1.82, 2.24) is 9.97 Å². The van der Waals surface area contributed by atoms with E-state index in [0.29, 0.717) is 0 Å². The Hall–Kier alpha value is -6.21. The number of rotatable bonds is 3. The summed E-state index contributed by atoms with van der Waals surface area (Å²) in [7, 11) is 2.22. The fourth-order valence-corrected chi connectivity index (χ4v) is 10.2. The summed E-state index contributed by atoms with van der Waals surface area (Å²) in [6, 6.07) is 47.6. The van der Waals surface area contributed by atoms with Gasteiger partial charge in [-0.15, -0.1) is 0 Å². The topological polar surface area (TPSA) is 51.1 Å². The van der Waals surface area contributed by atoms with Crippen LogP contribution in [0.25, 0.3) is 17.0 Å². The molecule has 6 aromatic rings. The summed E-state index contributed by atoms with van der Waals surface area (Å²) in [5.41, 5.74) is 12.5. The molecule has 1 aromatic heterocycles. The number of para-hydroxylation sites is 3. The molecule has 0 fully saturated rings. The van der Waals surface area contributed by atoms with Crippen LogP contribution >= 0.6 is 0 Å². The largest absolute Gasteiger partial charge is 0.336 e. The number of anilines is 5. The first-order valence-corrected chi connectivity index (χ1v) is 18.1. The lowest BCUT2D eigenvalue weighted by Gasteiger charge is -2.69. The van der Waals surface area contributed by atoms with E-state index < -0.39 is 0 Å². The van der Waals surface area contributed by atoms with Gasteiger partial charge >= 0.3 is 0 Å². The molecule has 7 heteroatoms. The average Bonchev–Trinajstić information content (AvgIpc) is 3.73. The van der Waals surface area contributed by atoms with Gasteiger partial charge in [0.2, 0.25) is 0 Å². The number of benzene rings is 5. The molecule has 5 heterocycles. The van der Waals surface area contributed by atoms with Gasteiger partial charge in [0.1, 0.15) is 11.9 Å². The molecule has 0 N–H and O–H groups in total. The molecule has 4 aliphatic heterocycles. The minimum absolute atomic E-state index is 0.0620. The Labute approximate surface area is 303 Å². The number of nitrogens with zero attached hydrogens (tertiary/aromatic N) is 7. The van der Waals surface area contributed by atoms with Crippen LogP contribution in [0.4, 0.5) is 28.6 Å². The van der Waals surface area contributed by atoms with E-state index in [1.54, 1.807) is 0 Å². The monoisotopic (exact) mass is 675 g/mol. The fourth-order valence-electron chi connectivity index (χ4n) is 10.2. The standard InChI is InChI=1S/C45H37N7/c1-28-17-11-12-22-31(28)39-46-27-36-41(47-39)49(4)43-45(3)38-37(44(45,2)33-24-14-16-26-35(33)51(36)43)32-23-13-15-25-34(32)52-42(38)50(30-20-9-6-10-21-30)40(48-52)29-18-7-5-8-19-29/h5-27,42-43H,1-4H3. The highest BCUT2D eigenvalue weighted by molar-refractivity contribution is 6.15. The zero-order chi connectivity index (χ0) is 34.9. The summed E-state index contributed by atoms with van der Waals surface area (Å²) < 4.78 is 0. The molecule has 0 spiro atoms. The van der Waals surface area contributed by atoms with Crippen LogP contribution in [-0.2, 0) is 5.41 Å². The fraction of sp³-hybridized carbons (Fsp3) is 0.178. The maximum absolute atomic E-state index is 5.52. The predicted molar refractivity (Wildman–Crippen MR) is 210 cm³/mol. The second-order valence-corrected chi connectivity index (χ2v) is 14.9. The van der Waals surface area contributed by atoms with Gasteiger partial charge in [-0.05, 0) is 53.5 Å². The molecule has 0 amide bonds. The van der Waals surface area contributed by atoms with E-state index in [0.717, 1.165) is 51.2 Å². The van der Waals surface area contributed by atoms with Gasteiger partial charge in [-0.3, -0.25) is 4.90 Å². The zero-order valence-corrected chi connectivity index (χ0v) is 29.6. The van der Waals surface area contributed by atoms with Crippen molar-refractivity contribution in [3.05, 3.63) is 167 Å². The Morgan fingerprint density at radius 2 is 1.31 bits per heavy atom. The van der Waals surface area contributed by atoms with Crippen LogP contribution in [-0.4, -0.2) is 35.2 Å². The maximum Gasteiger partial charge on any atom is 0.162 e. The Kier molecular flexibility index (Phi) is 5.79. The molecule has 252 valence electrons. The van der Waals surface area contributed by atoms with Gasteiger partial charge in [-0.1, -0.05) is 123 Å². The highest BCUT2D eigenvalue weighted by atomic mass is 15.6. The zero-order valence-electron chi connectivity index (χ0n) is 29.6. The molecule has 0 bridgehead atoms. The number of hydrazone groups is 1. The second kappa shape index (κ2) is 10.2. The van der Waals surface area contributed by atoms with Crippen molar-refractivity contribution in [2.24, 2.45) is 10.5 Å². The van der Waals surface area contributed by atoms with E-state index >= 15 is 0 Å². The van der Waals surface area contributed by atoms with Gasteiger partial charge in [0.25, 0.3) is 0 Å².